The fourth-order valence-electron chi connectivity index (χ4n) is 3.74. The Morgan fingerprint density at radius 2 is 2.03 bits per heavy atom. The van der Waals surface area contributed by atoms with Crippen molar-refractivity contribution in [3.8, 4) is 0 Å². The van der Waals surface area contributed by atoms with E-state index in [9.17, 15) is 0 Å². The van der Waals surface area contributed by atoms with Crippen LogP contribution in [-0.2, 0) is 6.54 Å². The van der Waals surface area contributed by atoms with Crippen LogP contribution in [0.2, 0.25) is 0 Å². The molecular formula is C23H25BrN6. The molecule has 1 aromatic heterocycles. The molecule has 6 nitrogen and oxygen atoms in total. The van der Waals surface area contributed by atoms with Gasteiger partial charge in [-0.15, -0.1) is 0 Å². The summed E-state index contributed by atoms with van der Waals surface area (Å²) in [6.07, 6.45) is 7.06. The van der Waals surface area contributed by atoms with E-state index in [1.807, 2.05) is 42.6 Å². The van der Waals surface area contributed by atoms with E-state index in [1.165, 1.54) is 11.8 Å². The molecule has 0 amide bonds. The van der Waals surface area contributed by atoms with E-state index < -0.39 is 0 Å². The number of nitrogens with zero attached hydrogens (tertiary/aromatic N) is 3. The van der Waals surface area contributed by atoms with Gasteiger partial charge in [0.05, 0.1) is 17.4 Å². The zero-order valence-corrected chi connectivity index (χ0v) is 18.3. The van der Waals surface area contributed by atoms with Crippen LogP contribution in [0, 0.1) is 5.41 Å². The molecule has 30 heavy (non-hydrogen) atoms. The molecule has 154 valence electrons. The predicted molar refractivity (Wildman–Crippen MR) is 126 cm³/mol. The van der Waals surface area contributed by atoms with Crippen molar-refractivity contribution in [1.29, 1.82) is 5.41 Å². The van der Waals surface area contributed by atoms with Crippen LogP contribution in [0.5, 0.6) is 0 Å². The smallest absolute Gasteiger partial charge is 0.104 e. The Labute approximate surface area is 184 Å². The van der Waals surface area contributed by atoms with Crippen molar-refractivity contribution >= 4 is 44.4 Å². The third kappa shape index (κ3) is 4.86. The fourth-order valence-corrected chi connectivity index (χ4v) is 4.19. The molecule has 1 fully saturated rings. The number of nitrogen functional groups attached to an aromatic ring is 1. The Hall–Kier alpha value is -2.77. The molecule has 0 spiro atoms. The highest BCUT2D eigenvalue weighted by Crippen LogP contribution is 2.22. The van der Waals surface area contributed by atoms with Gasteiger partial charge >= 0.3 is 0 Å². The number of piperidine rings is 1. The maximum absolute atomic E-state index is 7.82. The standard InChI is InChI=1S/C23H25BrN6/c24-20-5-2-6-21-23(20)29-22(14-28-21)17(12-25)13-27-19-7-9-30(10-8-19)15-16-3-1-4-18(26)11-16/h1-6,11-14,19,25,27H,7-10,15,26H2/b17-13+,25-12?. The van der Waals surface area contributed by atoms with Crippen LogP contribution in [0.3, 0.4) is 0 Å². The molecule has 2 heterocycles. The lowest BCUT2D eigenvalue weighted by molar-refractivity contribution is 0.197. The minimum Gasteiger partial charge on any atom is -0.399 e. The minimum atomic E-state index is 0.386. The van der Waals surface area contributed by atoms with E-state index in [0.717, 1.165) is 59.2 Å². The molecule has 0 unspecified atom stereocenters. The average Bonchev–Trinajstić information content (AvgIpc) is 2.76. The average molecular weight is 465 g/mol. The largest absolute Gasteiger partial charge is 0.399 e. The molecule has 3 aromatic rings. The first-order chi connectivity index (χ1) is 14.6. The Morgan fingerprint density at radius 3 is 2.80 bits per heavy atom. The summed E-state index contributed by atoms with van der Waals surface area (Å²) < 4.78 is 0.902. The molecule has 4 rings (SSSR count). The first kappa shape index (κ1) is 20.5. The van der Waals surface area contributed by atoms with Gasteiger partial charge in [0.2, 0.25) is 0 Å². The highest BCUT2D eigenvalue weighted by Gasteiger charge is 2.18. The van der Waals surface area contributed by atoms with Crippen LogP contribution in [0.4, 0.5) is 5.69 Å². The minimum absolute atomic E-state index is 0.386. The van der Waals surface area contributed by atoms with Crippen LogP contribution >= 0.6 is 15.9 Å². The summed E-state index contributed by atoms with van der Waals surface area (Å²) >= 11 is 3.53. The number of para-hydroxylation sites is 1. The van der Waals surface area contributed by atoms with E-state index >= 15 is 0 Å². The number of likely N-dealkylation sites (tertiary alicyclic amines) is 1. The van der Waals surface area contributed by atoms with Gasteiger partial charge in [0.1, 0.15) is 5.52 Å². The van der Waals surface area contributed by atoms with Gasteiger partial charge in [0, 0.05) is 53.8 Å². The monoisotopic (exact) mass is 464 g/mol. The topological polar surface area (TPSA) is 90.9 Å². The number of aromatic nitrogens is 2. The third-order valence-electron chi connectivity index (χ3n) is 5.39. The summed E-state index contributed by atoms with van der Waals surface area (Å²) in [4.78, 5) is 11.6. The van der Waals surface area contributed by atoms with Crippen LogP contribution < -0.4 is 11.1 Å². The Bertz CT molecular complexity index is 1070. The molecule has 0 bridgehead atoms. The molecule has 4 N–H and O–H groups in total. The number of rotatable bonds is 6. The van der Waals surface area contributed by atoms with Crippen molar-refractivity contribution in [3.63, 3.8) is 0 Å². The van der Waals surface area contributed by atoms with Crippen molar-refractivity contribution < 1.29 is 0 Å². The second-order valence-electron chi connectivity index (χ2n) is 7.57. The highest BCUT2D eigenvalue weighted by molar-refractivity contribution is 9.10. The van der Waals surface area contributed by atoms with Crippen molar-refractivity contribution in [1.82, 2.24) is 20.2 Å². The first-order valence-corrected chi connectivity index (χ1v) is 10.9. The maximum Gasteiger partial charge on any atom is 0.104 e. The van der Waals surface area contributed by atoms with Crippen LogP contribution in [-0.4, -0.2) is 40.2 Å². The molecule has 2 aromatic carbocycles. The molecule has 1 saturated heterocycles. The van der Waals surface area contributed by atoms with Gasteiger partial charge in [-0.25, -0.2) is 4.98 Å². The lowest BCUT2D eigenvalue weighted by atomic mass is 10.0. The van der Waals surface area contributed by atoms with E-state index in [1.54, 1.807) is 6.20 Å². The normalized spacial score (nSPS) is 16.0. The lowest BCUT2D eigenvalue weighted by Crippen LogP contribution is -2.40. The Morgan fingerprint density at radius 1 is 1.23 bits per heavy atom. The SMILES string of the molecule is N=C/C(=C\NC1CCN(Cc2cccc(N)c2)CC1)c1cnc2cccc(Br)c2n1. The number of hydrogen-bond donors (Lipinski definition) is 3. The van der Waals surface area contributed by atoms with Crippen LogP contribution in [0.1, 0.15) is 24.1 Å². The lowest BCUT2D eigenvalue weighted by Gasteiger charge is -2.32. The molecule has 1 aliphatic rings. The van der Waals surface area contributed by atoms with Crippen molar-refractivity contribution in [2.24, 2.45) is 0 Å². The molecule has 1 aliphatic heterocycles. The molecule has 0 radical (unpaired) electrons. The van der Waals surface area contributed by atoms with E-state index in [4.69, 9.17) is 11.1 Å². The molecule has 0 aliphatic carbocycles. The van der Waals surface area contributed by atoms with Gasteiger partial charge in [0.15, 0.2) is 0 Å². The van der Waals surface area contributed by atoms with E-state index in [-0.39, 0.29) is 0 Å². The summed E-state index contributed by atoms with van der Waals surface area (Å²) in [7, 11) is 0. The first-order valence-electron chi connectivity index (χ1n) is 10.1. The maximum atomic E-state index is 7.82. The summed E-state index contributed by atoms with van der Waals surface area (Å²) in [5.74, 6) is 0. The number of nitrogens with two attached hydrogens (primary N) is 1. The predicted octanol–water partition coefficient (Wildman–Crippen LogP) is 4.22. The Kier molecular flexibility index (Phi) is 6.40. The number of nitrogens with one attached hydrogen (secondary N) is 2. The molecule has 0 atom stereocenters. The van der Waals surface area contributed by atoms with Gasteiger partial charge < -0.3 is 16.5 Å². The van der Waals surface area contributed by atoms with Crippen molar-refractivity contribution in [2.45, 2.75) is 25.4 Å². The van der Waals surface area contributed by atoms with E-state index in [2.05, 4.69) is 42.2 Å². The van der Waals surface area contributed by atoms with Crippen molar-refractivity contribution in [2.75, 3.05) is 18.8 Å². The van der Waals surface area contributed by atoms with Gasteiger partial charge in [-0.1, -0.05) is 18.2 Å². The second-order valence-corrected chi connectivity index (χ2v) is 8.42. The third-order valence-corrected chi connectivity index (χ3v) is 6.03. The van der Waals surface area contributed by atoms with Gasteiger partial charge in [-0.2, -0.15) is 0 Å². The zero-order valence-electron chi connectivity index (χ0n) is 16.7. The molecule has 7 heteroatoms. The summed E-state index contributed by atoms with van der Waals surface area (Å²) in [5, 5.41) is 11.3. The summed E-state index contributed by atoms with van der Waals surface area (Å²) in [5.41, 5.74) is 11.0. The Balaban J connectivity index is 1.37. The highest BCUT2D eigenvalue weighted by atomic mass is 79.9. The van der Waals surface area contributed by atoms with Crippen molar-refractivity contribution in [3.05, 3.63) is 70.6 Å². The van der Waals surface area contributed by atoms with Crippen LogP contribution in [0.15, 0.2) is 59.3 Å². The number of halogens is 1. The molecule has 0 saturated carbocycles. The number of fused-ring (bicyclic) bond motifs is 1. The fraction of sp³-hybridized carbons (Fsp3) is 0.261. The summed E-state index contributed by atoms with van der Waals surface area (Å²) in [6, 6.07) is 14.3. The second kappa shape index (κ2) is 9.36. The number of anilines is 1. The quantitative estimate of drug-likeness (QED) is 0.375. The number of benzene rings is 2. The van der Waals surface area contributed by atoms with Gasteiger partial charge in [0.25, 0.3) is 0 Å². The summed E-state index contributed by atoms with van der Waals surface area (Å²) in [6.45, 7) is 2.99. The van der Waals surface area contributed by atoms with Gasteiger partial charge in [-0.3, -0.25) is 9.88 Å². The van der Waals surface area contributed by atoms with Crippen LogP contribution in [0.25, 0.3) is 16.6 Å². The number of allylic oxidation sites excluding steroid dienone is 1. The number of hydrogen-bond acceptors (Lipinski definition) is 6. The van der Waals surface area contributed by atoms with Gasteiger partial charge in [-0.05, 0) is 58.6 Å². The molecular weight excluding hydrogens is 440 g/mol. The van der Waals surface area contributed by atoms with E-state index in [0.29, 0.717) is 11.7 Å². The zero-order chi connectivity index (χ0) is 20.9.